The quantitative estimate of drug-likeness (QED) is 0.497. The molecular formula is C22H23NO4. The number of ether oxygens (including phenoxy) is 1. The van der Waals surface area contributed by atoms with Crippen molar-refractivity contribution < 1.29 is 19.4 Å². The Morgan fingerprint density at radius 2 is 1.78 bits per heavy atom. The number of benzene rings is 2. The normalized spacial score (nSPS) is 18.8. The lowest BCUT2D eigenvalue weighted by atomic mass is 9.94. The molecule has 1 aliphatic rings. The molecule has 0 spiro atoms. The highest BCUT2D eigenvalue weighted by Gasteiger charge is 2.46. The second-order valence-corrected chi connectivity index (χ2v) is 6.60. The number of Topliss-reactive ketones (excluding diaryl/α,β-unsaturated/α-hetero) is 1. The zero-order valence-electron chi connectivity index (χ0n) is 15.7. The number of aliphatic hydroxyl groups excluding tert-OH is 1. The van der Waals surface area contributed by atoms with Crippen molar-refractivity contribution in [2.75, 3.05) is 13.7 Å². The van der Waals surface area contributed by atoms with Gasteiger partial charge in [-0.3, -0.25) is 9.59 Å². The first-order chi connectivity index (χ1) is 13.0. The van der Waals surface area contributed by atoms with Gasteiger partial charge in [0.1, 0.15) is 11.5 Å². The van der Waals surface area contributed by atoms with E-state index >= 15 is 0 Å². The number of aliphatic hydroxyl groups is 1. The Morgan fingerprint density at radius 3 is 2.41 bits per heavy atom. The summed E-state index contributed by atoms with van der Waals surface area (Å²) in [5.74, 6) is -0.859. The van der Waals surface area contributed by atoms with Crippen LogP contribution in [0.15, 0.2) is 54.1 Å². The summed E-state index contributed by atoms with van der Waals surface area (Å²) in [7, 11) is 1.55. The van der Waals surface area contributed by atoms with Crippen molar-refractivity contribution in [1.29, 1.82) is 0 Å². The summed E-state index contributed by atoms with van der Waals surface area (Å²) < 4.78 is 5.45. The van der Waals surface area contributed by atoms with Crippen LogP contribution in [0.3, 0.4) is 0 Å². The summed E-state index contributed by atoms with van der Waals surface area (Å²) in [5, 5.41) is 10.9. The lowest BCUT2D eigenvalue weighted by Crippen LogP contribution is -2.30. The predicted molar refractivity (Wildman–Crippen MR) is 103 cm³/mol. The van der Waals surface area contributed by atoms with Gasteiger partial charge in [-0.1, -0.05) is 55.0 Å². The Labute approximate surface area is 158 Å². The molecule has 0 radical (unpaired) electrons. The Kier molecular flexibility index (Phi) is 5.31. The molecule has 0 aromatic heterocycles. The van der Waals surface area contributed by atoms with Gasteiger partial charge in [-0.15, -0.1) is 0 Å². The second kappa shape index (κ2) is 7.66. The summed E-state index contributed by atoms with van der Waals surface area (Å²) in [6.07, 6.45) is 0.698. The summed E-state index contributed by atoms with van der Waals surface area (Å²) in [5.41, 5.74) is 2.33. The van der Waals surface area contributed by atoms with Crippen molar-refractivity contribution in [2.45, 2.75) is 26.3 Å². The molecule has 140 valence electrons. The highest BCUT2D eigenvalue weighted by atomic mass is 16.5. The van der Waals surface area contributed by atoms with Crippen molar-refractivity contribution in [1.82, 2.24) is 4.90 Å². The largest absolute Gasteiger partial charge is 0.507 e. The van der Waals surface area contributed by atoms with E-state index in [4.69, 9.17) is 4.74 Å². The fraction of sp³-hybridized carbons (Fsp3) is 0.273. The van der Waals surface area contributed by atoms with Crippen LogP contribution in [0.1, 0.15) is 36.1 Å². The molecule has 2 aromatic rings. The van der Waals surface area contributed by atoms with Crippen LogP contribution in [0, 0.1) is 6.92 Å². The number of likely N-dealkylation sites (tertiary alicyclic amines) is 1. The fourth-order valence-corrected chi connectivity index (χ4v) is 3.43. The molecule has 0 bridgehead atoms. The van der Waals surface area contributed by atoms with Crippen LogP contribution in [-0.2, 0) is 9.59 Å². The third-order valence-corrected chi connectivity index (χ3v) is 4.76. The summed E-state index contributed by atoms with van der Waals surface area (Å²) in [4.78, 5) is 27.0. The highest BCUT2D eigenvalue weighted by molar-refractivity contribution is 6.46. The van der Waals surface area contributed by atoms with E-state index in [9.17, 15) is 14.7 Å². The first-order valence-corrected chi connectivity index (χ1v) is 8.98. The molecule has 1 N–H and O–H groups in total. The standard InChI is InChI=1S/C22H23NO4/c1-4-13-23-19(16-7-5-6-8-17(16)27-3)18(21(25)22(23)26)20(24)15-11-9-14(2)10-12-15/h5-12,19,24H,4,13H2,1-3H3/b20-18-. The van der Waals surface area contributed by atoms with Crippen molar-refractivity contribution in [3.8, 4) is 5.75 Å². The van der Waals surface area contributed by atoms with E-state index in [1.54, 1.807) is 25.3 Å². The molecule has 0 aliphatic carbocycles. The number of rotatable bonds is 5. The van der Waals surface area contributed by atoms with E-state index in [0.29, 0.717) is 29.8 Å². The maximum atomic E-state index is 12.8. The maximum absolute atomic E-state index is 12.8. The van der Waals surface area contributed by atoms with Gasteiger partial charge in [-0.05, 0) is 19.4 Å². The number of aryl methyl sites for hydroxylation is 1. The number of para-hydroxylation sites is 1. The topological polar surface area (TPSA) is 66.8 Å². The molecule has 0 saturated carbocycles. The van der Waals surface area contributed by atoms with Crippen LogP contribution in [0.5, 0.6) is 5.75 Å². The molecule has 1 aliphatic heterocycles. The summed E-state index contributed by atoms with van der Waals surface area (Å²) >= 11 is 0. The zero-order valence-corrected chi connectivity index (χ0v) is 15.7. The molecule has 1 saturated heterocycles. The van der Waals surface area contributed by atoms with E-state index in [0.717, 1.165) is 5.56 Å². The first-order valence-electron chi connectivity index (χ1n) is 8.98. The van der Waals surface area contributed by atoms with Gasteiger partial charge in [-0.25, -0.2) is 0 Å². The number of methoxy groups -OCH3 is 1. The third kappa shape index (κ3) is 3.33. The smallest absolute Gasteiger partial charge is 0.295 e. The molecule has 1 amide bonds. The van der Waals surface area contributed by atoms with Gasteiger partial charge in [0, 0.05) is 17.7 Å². The van der Waals surface area contributed by atoms with E-state index in [1.165, 1.54) is 4.90 Å². The lowest BCUT2D eigenvalue weighted by Gasteiger charge is -2.26. The van der Waals surface area contributed by atoms with Gasteiger partial charge in [0.25, 0.3) is 11.7 Å². The number of ketones is 1. The molecular weight excluding hydrogens is 342 g/mol. The van der Waals surface area contributed by atoms with Gasteiger partial charge >= 0.3 is 0 Å². The molecule has 1 unspecified atom stereocenters. The molecule has 1 atom stereocenters. The van der Waals surface area contributed by atoms with Crippen LogP contribution in [-0.4, -0.2) is 35.4 Å². The Bertz CT molecular complexity index is 899. The minimum atomic E-state index is -0.678. The molecule has 2 aromatic carbocycles. The average molecular weight is 365 g/mol. The molecule has 1 heterocycles. The van der Waals surface area contributed by atoms with Crippen molar-refractivity contribution in [2.24, 2.45) is 0 Å². The van der Waals surface area contributed by atoms with Crippen LogP contribution in [0.25, 0.3) is 5.76 Å². The van der Waals surface area contributed by atoms with Gasteiger partial charge < -0.3 is 14.7 Å². The number of nitrogens with zero attached hydrogens (tertiary/aromatic N) is 1. The molecule has 5 heteroatoms. The first kappa shape index (κ1) is 18.7. The van der Waals surface area contributed by atoms with E-state index in [2.05, 4.69) is 0 Å². The monoisotopic (exact) mass is 365 g/mol. The molecule has 1 fully saturated rings. The molecule has 3 rings (SSSR count). The average Bonchev–Trinajstić information content (AvgIpc) is 2.93. The fourth-order valence-electron chi connectivity index (χ4n) is 3.43. The predicted octanol–water partition coefficient (Wildman–Crippen LogP) is 3.84. The van der Waals surface area contributed by atoms with Gasteiger partial charge in [-0.2, -0.15) is 0 Å². The minimum absolute atomic E-state index is 0.0989. The zero-order chi connectivity index (χ0) is 19.6. The van der Waals surface area contributed by atoms with Gasteiger partial charge in [0.15, 0.2) is 0 Å². The lowest BCUT2D eigenvalue weighted by molar-refractivity contribution is -0.139. The summed E-state index contributed by atoms with van der Waals surface area (Å²) in [6.45, 7) is 4.30. The van der Waals surface area contributed by atoms with Crippen LogP contribution < -0.4 is 4.74 Å². The molecule has 27 heavy (non-hydrogen) atoms. The summed E-state index contributed by atoms with van der Waals surface area (Å²) in [6, 6.07) is 13.8. The highest BCUT2D eigenvalue weighted by Crippen LogP contribution is 2.42. The van der Waals surface area contributed by atoms with Crippen LogP contribution >= 0.6 is 0 Å². The maximum Gasteiger partial charge on any atom is 0.295 e. The van der Waals surface area contributed by atoms with Gasteiger partial charge in [0.05, 0.1) is 18.7 Å². The van der Waals surface area contributed by atoms with E-state index in [-0.39, 0.29) is 11.3 Å². The van der Waals surface area contributed by atoms with E-state index in [1.807, 2.05) is 44.2 Å². The second-order valence-electron chi connectivity index (χ2n) is 6.60. The van der Waals surface area contributed by atoms with Crippen LogP contribution in [0.4, 0.5) is 0 Å². The number of hydrogen-bond acceptors (Lipinski definition) is 4. The number of amides is 1. The van der Waals surface area contributed by atoms with E-state index < -0.39 is 17.7 Å². The number of carbonyl (C=O) groups is 2. The molecule has 5 nitrogen and oxygen atoms in total. The number of carbonyl (C=O) groups excluding carboxylic acids is 2. The minimum Gasteiger partial charge on any atom is -0.507 e. The van der Waals surface area contributed by atoms with Crippen molar-refractivity contribution >= 4 is 17.4 Å². The van der Waals surface area contributed by atoms with Crippen molar-refractivity contribution in [3.05, 3.63) is 70.8 Å². The SMILES string of the molecule is CCCN1C(=O)C(=O)/C(=C(\O)c2ccc(C)cc2)C1c1ccccc1OC. The Hall–Kier alpha value is -3.08. The third-order valence-electron chi connectivity index (χ3n) is 4.76. The number of hydrogen-bond donors (Lipinski definition) is 1. The van der Waals surface area contributed by atoms with Gasteiger partial charge in [0.2, 0.25) is 0 Å². The Morgan fingerprint density at radius 1 is 1.11 bits per heavy atom. The van der Waals surface area contributed by atoms with Crippen LogP contribution in [0.2, 0.25) is 0 Å². The Balaban J connectivity index is 2.22. The van der Waals surface area contributed by atoms with Crippen molar-refractivity contribution in [3.63, 3.8) is 0 Å².